The number of hydrogen-bond acceptors (Lipinski definition) is 5. The van der Waals surface area contributed by atoms with Gasteiger partial charge in [-0.3, -0.25) is 4.79 Å². The van der Waals surface area contributed by atoms with E-state index in [-0.39, 0.29) is 11.5 Å². The molecule has 0 aromatic heterocycles. The Balaban J connectivity index is 2.03. The molecule has 0 radical (unpaired) electrons. The number of rotatable bonds is 5. The van der Waals surface area contributed by atoms with Crippen molar-refractivity contribution in [1.82, 2.24) is 5.43 Å². The summed E-state index contributed by atoms with van der Waals surface area (Å²) >= 11 is 11.8. The topological polar surface area (TPSA) is 91.2 Å². The van der Waals surface area contributed by atoms with Crippen molar-refractivity contribution < 1.29 is 19.7 Å². The second-order valence-corrected chi connectivity index (χ2v) is 6.05. The van der Waals surface area contributed by atoms with Gasteiger partial charge in [-0.2, -0.15) is 5.10 Å². The average molecular weight is 383 g/mol. The molecule has 1 amide bonds. The quantitative estimate of drug-likeness (QED) is 0.542. The molecule has 8 heteroatoms. The maximum absolute atomic E-state index is 12.1. The molecule has 0 fully saturated rings. The van der Waals surface area contributed by atoms with Crippen molar-refractivity contribution in [3.63, 3.8) is 0 Å². The second kappa shape index (κ2) is 8.09. The fourth-order valence-electron chi connectivity index (χ4n) is 1.93. The van der Waals surface area contributed by atoms with Crippen LogP contribution in [0.1, 0.15) is 19.4 Å². The molecule has 6 nitrogen and oxygen atoms in total. The first kappa shape index (κ1) is 18.9. The van der Waals surface area contributed by atoms with Crippen LogP contribution in [0.15, 0.2) is 41.5 Å². The lowest BCUT2D eigenvalue weighted by atomic mass is 10.1. The molecule has 1 atom stereocenters. The molecule has 0 aliphatic rings. The van der Waals surface area contributed by atoms with E-state index in [9.17, 15) is 15.0 Å². The molecule has 3 N–H and O–H groups in total. The molecule has 0 bridgehead atoms. The van der Waals surface area contributed by atoms with Crippen LogP contribution < -0.4 is 10.2 Å². The van der Waals surface area contributed by atoms with E-state index in [0.717, 1.165) is 0 Å². The van der Waals surface area contributed by atoms with Gasteiger partial charge in [0.05, 0.1) is 10.7 Å². The van der Waals surface area contributed by atoms with Gasteiger partial charge in [-0.15, -0.1) is 0 Å². The number of nitrogens with one attached hydrogen (secondary N) is 1. The molecule has 0 saturated heterocycles. The van der Waals surface area contributed by atoms with E-state index < -0.39 is 12.0 Å². The van der Waals surface area contributed by atoms with Crippen LogP contribution in [0, 0.1) is 0 Å². The molecule has 0 aliphatic heterocycles. The molecule has 0 heterocycles. The number of aromatic hydroxyl groups is 2. The van der Waals surface area contributed by atoms with Gasteiger partial charge >= 0.3 is 0 Å². The van der Waals surface area contributed by atoms with Crippen molar-refractivity contribution in [3.05, 3.63) is 52.0 Å². The van der Waals surface area contributed by atoms with Gasteiger partial charge in [-0.25, -0.2) is 5.43 Å². The summed E-state index contributed by atoms with van der Waals surface area (Å²) in [5.41, 5.74) is 3.10. The third-order valence-corrected chi connectivity index (χ3v) is 3.80. The Labute approximate surface area is 154 Å². The predicted molar refractivity (Wildman–Crippen MR) is 96.7 cm³/mol. The third-order valence-electron chi connectivity index (χ3n) is 3.27. The Bertz CT molecular complexity index is 824. The number of amides is 1. The van der Waals surface area contributed by atoms with Crippen LogP contribution in [-0.4, -0.2) is 27.9 Å². The Hall–Kier alpha value is -2.44. The molecule has 25 heavy (non-hydrogen) atoms. The molecular weight excluding hydrogens is 367 g/mol. The highest BCUT2D eigenvalue weighted by Crippen LogP contribution is 2.28. The number of benzene rings is 2. The highest BCUT2D eigenvalue weighted by Gasteiger charge is 2.16. The molecule has 2 aromatic rings. The van der Waals surface area contributed by atoms with E-state index in [1.807, 2.05) is 0 Å². The summed E-state index contributed by atoms with van der Waals surface area (Å²) in [6.07, 6.45) is -0.858. The van der Waals surface area contributed by atoms with Crippen LogP contribution in [0.2, 0.25) is 10.0 Å². The SMILES string of the molecule is C/C(=N\NC(=O)C(C)Oc1ccc(Cl)cc1Cl)c1ccc(O)cc1O. The predicted octanol–water partition coefficient (Wildman–Crippen LogP) is 3.71. The van der Waals surface area contributed by atoms with Crippen LogP contribution in [-0.2, 0) is 4.79 Å². The molecule has 0 aliphatic carbocycles. The third kappa shape index (κ3) is 5.01. The molecule has 2 aromatic carbocycles. The summed E-state index contributed by atoms with van der Waals surface area (Å²) in [5.74, 6) is -0.387. The van der Waals surface area contributed by atoms with Crippen molar-refractivity contribution in [1.29, 1.82) is 0 Å². The number of ether oxygens (including phenoxy) is 1. The summed E-state index contributed by atoms with van der Waals surface area (Å²) in [6, 6.07) is 8.76. The fourth-order valence-corrected chi connectivity index (χ4v) is 2.38. The lowest BCUT2D eigenvalue weighted by Crippen LogP contribution is -2.34. The second-order valence-electron chi connectivity index (χ2n) is 5.21. The molecular formula is C17H16Cl2N2O4. The van der Waals surface area contributed by atoms with Crippen molar-refractivity contribution in [2.24, 2.45) is 5.10 Å². The van der Waals surface area contributed by atoms with Gasteiger partial charge < -0.3 is 14.9 Å². The molecule has 2 rings (SSSR count). The lowest BCUT2D eigenvalue weighted by molar-refractivity contribution is -0.127. The summed E-state index contributed by atoms with van der Waals surface area (Å²) in [4.78, 5) is 12.1. The minimum Gasteiger partial charge on any atom is -0.508 e. The number of hydrazone groups is 1. The first-order valence-electron chi connectivity index (χ1n) is 7.26. The monoisotopic (exact) mass is 382 g/mol. The molecule has 132 valence electrons. The standard InChI is InChI=1S/C17H16Cl2N2O4/c1-9(13-5-4-12(22)8-15(13)23)20-21-17(24)10(2)25-16-6-3-11(18)7-14(16)19/h3-8,10,22-23H,1-2H3,(H,21,24)/b20-9+. The van der Waals surface area contributed by atoms with Crippen molar-refractivity contribution >= 4 is 34.8 Å². The van der Waals surface area contributed by atoms with E-state index in [1.165, 1.54) is 24.3 Å². The first-order chi connectivity index (χ1) is 11.8. The fraction of sp³-hybridized carbons (Fsp3) is 0.176. The highest BCUT2D eigenvalue weighted by molar-refractivity contribution is 6.35. The normalized spacial score (nSPS) is 12.6. The number of hydrogen-bond donors (Lipinski definition) is 3. The van der Waals surface area contributed by atoms with Crippen molar-refractivity contribution in [3.8, 4) is 17.2 Å². The van der Waals surface area contributed by atoms with Gasteiger partial charge in [0.2, 0.25) is 0 Å². The largest absolute Gasteiger partial charge is 0.508 e. The zero-order valence-electron chi connectivity index (χ0n) is 13.5. The van der Waals surface area contributed by atoms with Crippen LogP contribution in [0.5, 0.6) is 17.2 Å². The molecule has 0 spiro atoms. The minimum atomic E-state index is -0.858. The van der Waals surface area contributed by atoms with Crippen LogP contribution in [0.4, 0.5) is 0 Å². The number of halogens is 2. The van der Waals surface area contributed by atoms with Gasteiger partial charge in [-0.1, -0.05) is 23.2 Å². The van der Waals surface area contributed by atoms with Crippen LogP contribution in [0.3, 0.4) is 0 Å². The molecule has 0 saturated carbocycles. The van der Waals surface area contributed by atoms with Gasteiger partial charge in [0.15, 0.2) is 6.10 Å². The van der Waals surface area contributed by atoms with Gasteiger partial charge in [0, 0.05) is 16.7 Å². The van der Waals surface area contributed by atoms with E-state index in [2.05, 4.69) is 10.5 Å². The summed E-state index contributed by atoms with van der Waals surface area (Å²) in [5, 5.41) is 23.7. The Morgan fingerprint density at radius 1 is 1.20 bits per heavy atom. The van der Waals surface area contributed by atoms with Crippen LogP contribution >= 0.6 is 23.2 Å². The lowest BCUT2D eigenvalue weighted by Gasteiger charge is -2.14. The Morgan fingerprint density at radius 3 is 2.56 bits per heavy atom. The highest BCUT2D eigenvalue weighted by atomic mass is 35.5. The number of carbonyl (C=O) groups excluding carboxylic acids is 1. The van der Waals surface area contributed by atoms with Gasteiger partial charge in [-0.05, 0) is 44.2 Å². The summed E-state index contributed by atoms with van der Waals surface area (Å²) in [6.45, 7) is 3.15. The van der Waals surface area contributed by atoms with Crippen molar-refractivity contribution in [2.45, 2.75) is 20.0 Å². The minimum absolute atomic E-state index is 0.0695. The van der Waals surface area contributed by atoms with Crippen LogP contribution in [0.25, 0.3) is 0 Å². The van der Waals surface area contributed by atoms with E-state index in [4.69, 9.17) is 27.9 Å². The molecule has 1 unspecified atom stereocenters. The summed E-state index contributed by atoms with van der Waals surface area (Å²) < 4.78 is 5.49. The van der Waals surface area contributed by atoms with E-state index >= 15 is 0 Å². The first-order valence-corrected chi connectivity index (χ1v) is 8.01. The number of nitrogens with zero attached hydrogens (tertiary/aromatic N) is 1. The van der Waals surface area contributed by atoms with Crippen molar-refractivity contribution in [2.75, 3.05) is 0 Å². The number of phenolic OH excluding ortho intramolecular Hbond substituents is 2. The summed E-state index contributed by atoms with van der Waals surface area (Å²) in [7, 11) is 0. The maximum Gasteiger partial charge on any atom is 0.280 e. The maximum atomic E-state index is 12.1. The van der Waals surface area contributed by atoms with E-state index in [0.29, 0.717) is 27.1 Å². The Morgan fingerprint density at radius 2 is 1.92 bits per heavy atom. The zero-order chi connectivity index (χ0) is 18.6. The van der Waals surface area contributed by atoms with E-state index in [1.54, 1.807) is 26.0 Å². The van der Waals surface area contributed by atoms with Gasteiger partial charge in [0.25, 0.3) is 5.91 Å². The Kier molecular flexibility index (Phi) is 6.12. The van der Waals surface area contributed by atoms with Gasteiger partial charge in [0.1, 0.15) is 17.2 Å². The average Bonchev–Trinajstić information content (AvgIpc) is 2.54. The number of phenols is 2. The smallest absolute Gasteiger partial charge is 0.280 e. The zero-order valence-corrected chi connectivity index (χ0v) is 15.0. The number of carbonyl (C=O) groups is 1.